The van der Waals surface area contributed by atoms with Crippen molar-refractivity contribution in [1.29, 1.82) is 0 Å². The average molecular weight is 221 g/mol. The molecule has 0 spiro atoms. The summed E-state index contributed by atoms with van der Waals surface area (Å²) < 4.78 is 36.0. The Morgan fingerprint density at radius 1 is 1.27 bits per heavy atom. The first-order chi connectivity index (χ1) is 4.65. The molecule has 0 rings (SSSR count). The molecule has 0 aromatic heterocycles. The van der Waals surface area contributed by atoms with Crippen LogP contribution in [0.2, 0.25) is 0 Å². The standard InChI is InChI=1S/C3H9ClN2O3S2/c1-6(2)10(3,7)5-11(4,8)9/h1-3H3. The zero-order chi connectivity index (χ0) is 9.28. The summed E-state index contributed by atoms with van der Waals surface area (Å²) in [5.74, 6) is 0. The van der Waals surface area contributed by atoms with Crippen molar-refractivity contribution in [2.45, 2.75) is 0 Å². The number of hydrogen-bond donors (Lipinski definition) is 0. The second-order valence-electron chi connectivity index (χ2n) is 2.06. The topological polar surface area (TPSA) is 66.8 Å². The van der Waals surface area contributed by atoms with Crippen LogP contribution < -0.4 is 0 Å². The molecule has 0 saturated carbocycles. The second-order valence-corrected chi connectivity index (χ2v) is 6.91. The lowest BCUT2D eigenvalue weighted by atomic mass is 11.3. The van der Waals surface area contributed by atoms with Gasteiger partial charge >= 0.3 is 9.24 Å². The molecule has 0 amide bonds. The van der Waals surface area contributed by atoms with Gasteiger partial charge in [0.15, 0.2) is 0 Å². The molecule has 0 heterocycles. The fraction of sp³-hybridized carbons (Fsp3) is 1.00. The van der Waals surface area contributed by atoms with Crippen molar-refractivity contribution in [1.82, 2.24) is 4.31 Å². The van der Waals surface area contributed by atoms with Gasteiger partial charge in [0.05, 0.1) is 0 Å². The third kappa shape index (κ3) is 4.57. The van der Waals surface area contributed by atoms with Gasteiger partial charge < -0.3 is 0 Å². The van der Waals surface area contributed by atoms with Gasteiger partial charge in [0.2, 0.25) is 0 Å². The van der Waals surface area contributed by atoms with Crippen LogP contribution in [0.4, 0.5) is 0 Å². The van der Waals surface area contributed by atoms with Gasteiger partial charge in [0.25, 0.3) is 0 Å². The van der Waals surface area contributed by atoms with E-state index in [1.54, 1.807) is 0 Å². The Kier molecular flexibility index (Phi) is 3.30. The highest BCUT2D eigenvalue weighted by Gasteiger charge is 2.10. The van der Waals surface area contributed by atoms with Crippen molar-refractivity contribution in [2.24, 2.45) is 3.77 Å². The van der Waals surface area contributed by atoms with Crippen molar-refractivity contribution >= 4 is 29.8 Å². The maximum Gasteiger partial charge on any atom is 0.348 e. The summed E-state index contributed by atoms with van der Waals surface area (Å²) in [5, 5.41) is 0. The van der Waals surface area contributed by atoms with E-state index in [4.69, 9.17) is 10.7 Å². The van der Waals surface area contributed by atoms with E-state index in [0.29, 0.717) is 0 Å². The molecule has 0 aliphatic heterocycles. The fourth-order valence-electron chi connectivity index (χ4n) is 0.232. The first-order valence-electron chi connectivity index (χ1n) is 2.50. The molecule has 0 N–H and O–H groups in total. The molecular formula is C3H9ClN2O3S2. The molecular weight excluding hydrogens is 212 g/mol. The lowest BCUT2D eigenvalue weighted by Crippen LogP contribution is -2.20. The summed E-state index contributed by atoms with van der Waals surface area (Å²) in [5.41, 5.74) is 0. The van der Waals surface area contributed by atoms with Gasteiger partial charge in [0.1, 0.15) is 9.92 Å². The van der Waals surface area contributed by atoms with Gasteiger partial charge in [-0.1, -0.05) is 3.77 Å². The van der Waals surface area contributed by atoms with Crippen LogP contribution in [0, 0.1) is 0 Å². The Labute approximate surface area is 71.2 Å². The summed E-state index contributed by atoms with van der Waals surface area (Å²) in [6, 6.07) is 0. The molecule has 0 bridgehead atoms. The minimum atomic E-state index is -4.05. The molecule has 0 radical (unpaired) electrons. The molecule has 11 heavy (non-hydrogen) atoms. The smallest absolute Gasteiger partial charge is 0.233 e. The molecule has 0 fully saturated rings. The van der Waals surface area contributed by atoms with Crippen LogP contribution in [0.5, 0.6) is 0 Å². The van der Waals surface area contributed by atoms with Crippen LogP contribution in [0.15, 0.2) is 3.77 Å². The van der Waals surface area contributed by atoms with E-state index in [-0.39, 0.29) is 0 Å². The minimum absolute atomic E-state index is 1.19. The molecule has 0 aromatic rings. The summed E-state index contributed by atoms with van der Waals surface area (Å²) in [6.45, 7) is 0. The Hall–Kier alpha value is 0.150. The highest BCUT2D eigenvalue weighted by atomic mass is 35.7. The summed E-state index contributed by atoms with van der Waals surface area (Å²) in [4.78, 5) is 0. The van der Waals surface area contributed by atoms with E-state index in [2.05, 4.69) is 3.77 Å². The molecule has 0 aromatic carbocycles. The number of nitrogens with zero attached hydrogens (tertiary/aromatic N) is 2. The zero-order valence-electron chi connectivity index (χ0n) is 6.31. The zero-order valence-corrected chi connectivity index (χ0v) is 8.70. The van der Waals surface area contributed by atoms with E-state index < -0.39 is 19.2 Å². The van der Waals surface area contributed by atoms with Gasteiger partial charge in [-0.05, 0) is 0 Å². The molecule has 8 heteroatoms. The summed E-state index contributed by atoms with van der Waals surface area (Å²) in [7, 11) is 0.752. The second kappa shape index (κ2) is 3.26. The van der Waals surface area contributed by atoms with Crippen molar-refractivity contribution in [3.8, 4) is 0 Å². The van der Waals surface area contributed by atoms with Gasteiger partial charge in [-0.2, -0.15) is 8.42 Å². The van der Waals surface area contributed by atoms with Crippen LogP contribution >= 0.6 is 10.7 Å². The van der Waals surface area contributed by atoms with Crippen LogP contribution in [0.3, 0.4) is 0 Å². The molecule has 1 atom stereocenters. The van der Waals surface area contributed by atoms with Gasteiger partial charge in [0, 0.05) is 31.0 Å². The summed E-state index contributed by atoms with van der Waals surface area (Å²) >= 11 is 0. The third-order valence-corrected chi connectivity index (χ3v) is 4.59. The minimum Gasteiger partial charge on any atom is -0.233 e. The molecule has 68 valence electrons. The lowest BCUT2D eigenvalue weighted by molar-refractivity contribution is 0.594. The normalized spacial score (nSPS) is 17.9. The van der Waals surface area contributed by atoms with Gasteiger partial charge in [-0.15, -0.1) is 0 Å². The molecule has 0 aliphatic rings. The Morgan fingerprint density at radius 3 is 1.73 bits per heavy atom. The van der Waals surface area contributed by atoms with Crippen molar-refractivity contribution in [3.05, 3.63) is 0 Å². The summed E-state index contributed by atoms with van der Waals surface area (Å²) in [6.07, 6.45) is 1.19. The van der Waals surface area contributed by atoms with Gasteiger partial charge in [-0.25, -0.2) is 8.51 Å². The predicted octanol–water partition coefficient (Wildman–Crippen LogP) is 0.0444. The van der Waals surface area contributed by atoms with E-state index in [1.807, 2.05) is 0 Å². The highest BCUT2D eigenvalue weighted by molar-refractivity contribution is 8.16. The Morgan fingerprint density at radius 2 is 1.64 bits per heavy atom. The van der Waals surface area contributed by atoms with Crippen LogP contribution in [-0.2, 0) is 19.2 Å². The fourth-order valence-corrected chi connectivity index (χ4v) is 3.03. The first-order valence-corrected chi connectivity index (χ1v) is 6.65. The highest BCUT2D eigenvalue weighted by Crippen LogP contribution is 2.04. The van der Waals surface area contributed by atoms with Crippen LogP contribution in [-0.4, -0.2) is 37.3 Å². The van der Waals surface area contributed by atoms with E-state index >= 15 is 0 Å². The lowest BCUT2D eigenvalue weighted by Gasteiger charge is -2.09. The maximum absolute atomic E-state index is 11.2. The van der Waals surface area contributed by atoms with Crippen molar-refractivity contribution < 1.29 is 12.6 Å². The van der Waals surface area contributed by atoms with Crippen molar-refractivity contribution in [2.75, 3.05) is 20.4 Å². The van der Waals surface area contributed by atoms with Gasteiger partial charge in [-0.3, -0.25) is 0 Å². The number of rotatable bonds is 2. The number of hydrogen-bond acceptors (Lipinski definition) is 3. The quantitative estimate of drug-likeness (QED) is 0.618. The predicted molar refractivity (Wildman–Crippen MR) is 45.0 cm³/mol. The van der Waals surface area contributed by atoms with Crippen molar-refractivity contribution in [3.63, 3.8) is 0 Å². The SMILES string of the molecule is CN(C)S(C)(=O)=NS(=O)(=O)Cl. The van der Waals surface area contributed by atoms with Crippen LogP contribution in [0.25, 0.3) is 0 Å². The largest absolute Gasteiger partial charge is 0.348 e. The van der Waals surface area contributed by atoms with Crippen LogP contribution in [0.1, 0.15) is 0 Å². The van der Waals surface area contributed by atoms with E-state index in [9.17, 15) is 12.6 Å². The molecule has 5 nitrogen and oxygen atoms in total. The first kappa shape index (κ1) is 11.2. The monoisotopic (exact) mass is 220 g/mol. The average Bonchev–Trinajstić information content (AvgIpc) is 1.56. The maximum atomic E-state index is 11.2. The Bertz CT molecular complexity index is 338. The molecule has 0 aliphatic carbocycles. The molecule has 1 unspecified atom stereocenters. The van der Waals surface area contributed by atoms with E-state index in [1.165, 1.54) is 24.7 Å². The number of halogens is 1. The van der Waals surface area contributed by atoms with E-state index in [0.717, 1.165) is 0 Å². The molecule has 0 saturated heterocycles. The Balaban J connectivity index is 5.18. The third-order valence-electron chi connectivity index (χ3n) is 0.905.